The Hall–Kier alpha value is -4.08. The van der Waals surface area contributed by atoms with Gasteiger partial charge in [0.1, 0.15) is 11.6 Å². The van der Waals surface area contributed by atoms with Gasteiger partial charge >= 0.3 is 5.97 Å². The number of hydrogen-bond acceptors (Lipinski definition) is 8. The number of aromatic nitrogens is 3. The molecule has 1 aromatic carbocycles. The van der Waals surface area contributed by atoms with Gasteiger partial charge in [-0.25, -0.2) is 14.2 Å². The highest BCUT2D eigenvalue weighted by Crippen LogP contribution is 2.27. The maximum atomic E-state index is 13.2. The summed E-state index contributed by atoms with van der Waals surface area (Å²) in [5, 5.41) is 10.3. The second-order valence-electron chi connectivity index (χ2n) is 6.46. The molecular formula is C20H15FN4O5. The summed E-state index contributed by atoms with van der Waals surface area (Å²) in [6.45, 7) is 2.80. The molecule has 10 heteroatoms. The van der Waals surface area contributed by atoms with E-state index < -0.39 is 24.3 Å². The van der Waals surface area contributed by atoms with Crippen LogP contribution in [0.5, 0.6) is 0 Å². The Morgan fingerprint density at radius 2 is 1.87 bits per heavy atom. The van der Waals surface area contributed by atoms with Crippen LogP contribution in [0, 0.1) is 19.7 Å². The summed E-state index contributed by atoms with van der Waals surface area (Å²) in [6.07, 6.45) is 0. The normalized spacial score (nSPS) is 10.9. The maximum absolute atomic E-state index is 13.2. The lowest BCUT2D eigenvalue weighted by molar-refractivity contribution is -0.119. The minimum absolute atomic E-state index is 0.128. The lowest BCUT2D eigenvalue weighted by atomic mass is 10.1. The van der Waals surface area contributed by atoms with Gasteiger partial charge in [0, 0.05) is 11.6 Å². The number of aryl methyl sites for hydroxylation is 2. The number of benzene rings is 1. The summed E-state index contributed by atoms with van der Waals surface area (Å²) in [7, 11) is 0. The van der Waals surface area contributed by atoms with E-state index in [1.807, 2.05) is 0 Å². The molecule has 1 amide bonds. The van der Waals surface area contributed by atoms with Crippen molar-refractivity contribution in [2.75, 3.05) is 11.9 Å². The third kappa shape index (κ3) is 3.88. The molecule has 3 heterocycles. The number of hydrogen-bond donors (Lipinski definition) is 1. The molecule has 3 aromatic heterocycles. The number of rotatable bonds is 5. The van der Waals surface area contributed by atoms with Gasteiger partial charge in [-0.05, 0) is 44.2 Å². The molecule has 0 unspecified atom stereocenters. The van der Waals surface area contributed by atoms with Crippen molar-refractivity contribution in [1.82, 2.24) is 15.3 Å². The minimum atomic E-state index is -0.761. The molecule has 30 heavy (non-hydrogen) atoms. The first kappa shape index (κ1) is 19.2. The van der Waals surface area contributed by atoms with Crippen LogP contribution in [0.1, 0.15) is 21.8 Å². The molecule has 1 N–H and O–H groups in total. The third-order valence-electron chi connectivity index (χ3n) is 4.21. The molecule has 0 bridgehead atoms. The van der Waals surface area contributed by atoms with E-state index in [4.69, 9.17) is 13.8 Å². The maximum Gasteiger partial charge on any atom is 0.339 e. The standard InChI is InChI=1S/C20H15FN4O5/c1-10-7-16(25-29-10)23-17(26)9-28-20(27)14-8-15(12-3-5-13(21)6-4-12)22-19-18(14)11(2)24-30-19/h3-8H,9H2,1-2H3,(H,23,25,26). The summed E-state index contributed by atoms with van der Waals surface area (Å²) >= 11 is 0. The van der Waals surface area contributed by atoms with Crippen LogP contribution in [-0.4, -0.2) is 33.8 Å². The fourth-order valence-electron chi connectivity index (χ4n) is 2.84. The summed E-state index contributed by atoms with van der Waals surface area (Å²) in [5.74, 6) is -0.999. The van der Waals surface area contributed by atoms with E-state index >= 15 is 0 Å². The van der Waals surface area contributed by atoms with Crippen LogP contribution in [0.4, 0.5) is 10.2 Å². The number of carbonyl (C=O) groups excluding carboxylic acids is 2. The molecule has 0 saturated heterocycles. The zero-order valence-corrected chi connectivity index (χ0v) is 15.9. The molecule has 0 aliphatic rings. The van der Waals surface area contributed by atoms with Gasteiger partial charge in [0.25, 0.3) is 11.6 Å². The average Bonchev–Trinajstić information content (AvgIpc) is 3.31. The van der Waals surface area contributed by atoms with Gasteiger partial charge < -0.3 is 19.1 Å². The lowest BCUT2D eigenvalue weighted by Crippen LogP contribution is -2.21. The number of esters is 1. The van der Waals surface area contributed by atoms with Crippen molar-refractivity contribution in [1.29, 1.82) is 0 Å². The molecule has 0 aliphatic heterocycles. The zero-order chi connectivity index (χ0) is 21.3. The van der Waals surface area contributed by atoms with E-state index in [1.54, 1.807) is 13.8 Å². The van der Waals surface area contributed by atoms with Crippen LogP contribution in [0.25, 0.3) is 22.4 Å². The van der Waals surface area contributed by atoms with Crippen LogP contribution in [0.15, 0.2) is 45.4 Å². The van der Waals surface area contributed by atoms with Gasteiger partial charge in [0.15, 0.2) is 12.4 Å². The zero-order valence-electron chi connectivity index (χ0n) is 15.9. The molecule has 9 nitrogen and oxygen atoms in total. The Morgan fingerprint density at radius 1 is 1.10 bits per heavy atom. The van der Waals surface area contributed by atoms with Crippen LogP contribution < -0.4 is 5.32 Å². The Balaban J connectivity index is 1.58. The number of nitrogens with zero attached hydrogens (tertiary/aromatic N) is 3. The fraction of sp³-hybridized carbons (Fsp3) is 0.150. The highest BCUT2D eigenvalue weighted by Gasteiger charge is 2.21. The van der Waals surface area contributed by atoms with E-state index in [2.05, 4.69) is 20.6 Å². The lowest BCUT2D eigenvalue weighted by Gasteiger charge is -2.08. The smallest absolute Gasteiger partial charge is 0.339 e. The van der Waals surface area contributed by atoms with E-state index in [0.29, 0.717) is 28.1 Å². The molecular weight excluding hydrogens is 395 g/mol. The van der Waals surface area contributed by atoms with Gasteiger partial charge in [-0.2, -0.15) is 0 Å². The number of halogens is 1. The predicted octanol–water partition coefficient (Wildman–Crippen LogP) is 3.43. The Morgan fingerprint density at radius 3 is 2.57 bits per heavy atom. The highest BCUT2D eigenvalue weighted by molar-refractivity contribution is 6.05. The van der Waals surface area contributed by atoms with Gasteiger partial charge in [-0.15, -0.1) is 0 Å². The molecule has 0 saturated carbocycles. The summed E-state index contributed by atoms with van der Waals surface area (Å²) < 4.78 is 28.4. The number of pyridine rings is 1. The summed E-state index contributed by atoms with van der Waals surface area (Å²) in [4.78, 5) is 29.1. The Labute approximate surface area is 168 Å². The molecule has 0 radical (unpaired) electrons. The largest absolute Gasteiger partial charge is 0.452 e. The van der Waals surface area contributed by atoms with Gasteiger partial charge in [-0.3, -0.25) is 4.79 Å². The van der Waals surface area contributed by atoms with Crippen molar-refractivity contribution in [3.8, 4) is 11.3 Å². The first-order chi connectivity index (χ1) is 14.4. The number of fused-ring (bicyclic) bond motifs is 1. The van der Waals surface area contributed by atoms with Crippen molar-refractivity contribution in [2.24, 2.45) is 0 Å². The summed E-state index contributed by atoms with van der Waals surface area (Å²) in [5.41, 5.74) is 1.64. The number of amides is 1. The van der Waals surface area contributed by atoms with E-state index in [9.17, 15) is 14.0 Å². The van der Waals surface area contributed by atoms with Gasteiger partial charge in [0.05, 0.1) is 22.3 Å². The van der Waals surface area contributed by atoms with Crippen LogP contribution >= 0.6 is 0 Å². The SMILES string of the molecule is Cc1cc(NC(=O)COC(=O)c2cc(-c3ccc(F)cc3)nc3onc(C)c23)no1. The van der Waals surface area contributed by atoms with Gasteiger partial charge in [-0.1, -0.05) is 10.3 Å². The number of ether oxygens (including phenoxy) is 1. The number of anilines is 1. The quantitative estimate of drug-likeness (QED) is 0.497. The minimum Gasteiger partial charge on any atom is -0.452 e. The number of nitrogens with one attached hydrogen (secondary N) is 1. The first-order valence-electron chi connectivity index (χ1n) is 8.84. The first-order valence-corrected chi connectivity index (χ1v) is 8.84. The Bertz CT molecular complexity index is 1250. The fourth-order valence-corrected chi connectivity index (χ4v) is 2.84. The third-order valence-corrected chi connectivity index (χ3v) is 4.21. The molecule has 0 spiro atoms. The van der Waals surface area contributed by atoms with E-state index in [0.717, 1.165) is 0 Å². The summed E-state index contributed by atoms with van der Waals surface area (Å²) in [6, 6.07) is 8.62. The second kappa shape index (κ2) is 7.74. The predicted molar refractivity (Wildman–Crippen MR) is 102 cm³/mol. The molecule has 0 fully saturated rings. The topological polar surface area (TPSA) is 120 Å². The molecule has 4 aromatic rings. The van der Waals surface area contributed by atoms with Gasteiger partial charge in [0.2, 0.25) is 0 Å². The van der Waals surface area contributed by atoms with Crippen molar-refractivity contribution < 1.29 is 27.8 Å². The highest BCUT2D eigenvalue weighted by atomic mass is 19.1. The monoisotopic (exact) mass is 410 g/mol. The average molecular weight is 410 g/mol. The van der Waals surface area contributed by atoms with Crippen molar-refractivity contribution in [3.05, 3.63) is 59.2 Å². The molecule has 152 valence electrons. The number of carbonyl (C=O) groups is 2. The van der Waals surface area contributed by atoms with Crippen molar-refractivity contribution in [3.63, 3.8) is 0 Å². The molecule has 0 atom stereocenters. The molecule has 0 aliphatic carbocycles. The van der Waals surface area contributed by atoms with E-state index in [1.165, 1.54) is 36.4 Å². The van der Waals surface area contributed by atoms with Crippen LogP contribution in [-0.2, 0) is 9.53 Å². The van der Waals surface area contributed by atoms with Crippen molar-refractivity contribution in [2.45, 2.75) is 13.8 Å². The second-order valence-corrected chi connectivity index (χ2v) is 6.46. The van der Waals surface area contributed by atoms with Crippen LogP contribution in [0.3, 0.4) is 0 Å². The van der Waals surface area contributed by atoms with E-state index in [-0.39, 0.29) is 17.1 Å². The van der Waals surface area contributed by atoms with Crippen LogP contribution in [0.2, 0.25) is 0 Å². The van der Waals surface area contributed by atoms with Crippen molar-refractivity contribution >= 4 is 28.8 Å². The Kier molecular flexibility index (Phi) is 4.97. The molecule has 4 rings (SSSR count).